The third-order valence-corrected chi connectivity index (χ3v) is 3.93. The summed E-state index contributed by atoms with van der Waals surface area (Å²) in [6.07, 6.45) is 0. The van der Waals surface area contributed by atoms with Crippen LogP contribution in [0, 0.1) is 6.92 Å². The van der Waals surface area contributed by atoms with Crippen LogP contribution in [0.5, 0.6) is 0 Å². The van der Waals surface area contributed by atoms with E-state index in [0.29, 0.717) is 5.15 Å². The van der Waals surface area contributed by atoms with E-state index < -0.39 is 0 Å². The van der Waals surface area contributed by atoms with Gasteiger partial charge in [-0.3, -0.25) is 0 Å². The fraction of sp³-hybridized carbons (Fsp3) is 0.0833. The summed E-state index contributed by atoms with van der Waals surface area (Å²) < 4.78 is 1.00. The molecule has 5 heteroatoms. The molecule has 0 aliphatic carbocycles. The lowest BCUT2D eigenvalue weighted by atomic mass is 10.2. The molecular weight excluding hydrogens is 254 g/mol. The van der Waals surface area contributed by atoms with Crippen LogP contribution < -0.4 is 0 Å². The number of thiazole rings is 1. The molecule has 0 saturated heterocycles. The minimum atomic E-state index is 0.365. The van der Waals surface area contributed by atoms with Crippen LogP contribution in [0.4, 0.5) is 0 Å². The third-order valence-electron chi connectivity index (χ3n) is 2.46. The highest BCUT2D eigenvalue weighted by Crippen LogP contribution is 2.33. The van der Waals surface area contributed by atoms with Crippen molar-refractivity contribution in [3.63, 3.8) is 0 Å². The first kappa shape index (κ1) is 10.6. The van der Waals surface area contributed by atoms with Crippen LogP contribution in [-0.4, -0.2) is 15.2 Å². The Balaban J connectivity index is 2.27. The molecule has 0 N–H and O–H groups in total. The molecule has 17 heavy (non-hydrogen) atoms. The SMILES string of the molecule is Cc1nnc(Cl)c2nc(-c3ccccc3)sc12. The van der Waals surface area contributed by atoms with Gasteiger partial charge < -0.3 is 0 Å². The van der Waals surface area contributed by atoms with E-state index in [1.165, 1.54) is 0 Å². The van der Waals surface area contributed by atoms with Gasteiger partial charge >= 0.3 is 0 Å². The Morgan fingerprint density at radius 2 is 1.88 bits per heavy atom. The molecule has 0 atom stereocenters. The number of hydrogen-bond acceptors (Lipinski definition) is 4. The van der Waals surface area contributed by atoms with Gasteiger partial charge in [-0.2, -0.15) is 5.10 Å². The summed E-state index contributed by atoms with van der Waals surface area (Å²) >= 11 is 7.59. The quantitative estimate of drug-likeness (QED) is 0.670. The zero-order valence-corrected chi connectivity index (χ0v) is 10.6. The molecule has 0 unspecified atom stereocenters. The number of aromatic nitrogens is 3. The van der Waals surface area contributed by atoms with Gasteiger partial charge in [0.05, 0.1) is 10.4 Å². The number of nitrogens with zero attached hydrogens (tertiary/aromatic N) is 3. The minimum absolute atomic E-state index is 0.365. The van der Waals surface area contributed by atoms with E-state index in [2.05, 4.69) is 15.2 Å². The van der Waals surface area contributed by atoms with E-state index in [-0.39, 0.29) is 0 Å². The van der Waals surface area contributed by atoms with Crippen molar-refractivity contribution < 1.29 is 0 Å². The first-order valence-electron chi connectivity index (χ1n) is 5.10. The second-order valence-corrected chi connectivity index (χ2v) is 5.00. The van der Waals surface area contributed by atoms with Crippen LogP contribution in [-0.2, 0) is 0 Å². The van der Waals surface area contributed by atoms with E-state index >= 15 is 0 Å². The van der Waals surface area contributed by atoms with Crippen LogP contribution in [0.15, 0.2) is 30.3 Å². The van der Waals surface area contributed by atoms with Crippen LogP contribution in [0.1, 0.15) is 5.69 Å². The maximum absolute atomic E-state index is 6.00. The molecule has 1 aromatic carbocycles. The van der Waals surface area contributed by atoms with E-state index in [1.807, 2.05) is 37.3 Å². The molecule has 2 heterocycles. The summed E-state index contributed by atoms with van der Waals surface area (Å²) in [6, 6.07) is 10.0. The van der Waals surface area contributed by atoms with Gasteiger partial charge in [-0.1, -0.05) is 41.9 Å². The zero-order valence-electron chi connectivity index (χ0n) is 9.01. The summed E-state index contributed by atoms with van der Waals surface area (Å²) in [5.74, 6) is 0. The Bertz CT molecular complexity index is 640. The molecule has 3 aromatic rings. The Morgan fingerprint density at radius 1 is 1.12 bits per heavy atom. The number of benzene rings is 1. The summed E-state index contributed by atoms with van der Waals surface area (Å²) in [6.45, 7) is 1.92. The number of fused-ring (bicyclic) bond motifs is 1. The number of hydrogen-bond donors (Lipinski definition) is 0. The van der Waals surface area contributed by atoms with Crippen molar-refractivity contribution in [2.45, 2.75) is 6.92 Å². The van der Waals surface area contributed by atoms with Crippen LogP contribution >= 0.6 is 22.9 Å². The highest BCUT2D eigenvalue weighted by molar-refractivity contribution is 7.21. The lowest BCUT2D eigenvalue weighted by Gasteiger charge is -1.92. The Labute approximate surface area is 107 Å². The molecule has 0 fully saturated rings. The van der Waals surface area contributed by atoms with Crippen molar-refractivity contribution >= 4 is 33.2 Å². The average molecular weight is 262 g/mol. The molecule has 0 aliphatic rings. The van der Waals surface area contributed by atoms with Gasteiger partial charge in [0.15, 0.2) is 5.15 Å². The average Bonchev–Trinajstić information content (AvgIpc) is 2.81. The molecule has 0 bridgehead atoms. The summed E-state index contributed by atoms with van der Waals surface area (Å²) in [5.41, 5.74) is 2.69. The molecule has 0 aliphatic heterocycles. The molecule has 2 aromatic heterocycles. The van der Waals surface area contributed by atoms with E-state index in [9.17, 15) is 0 Å². The highest BCUT2D eigenvalue weighted by Gasteiger charge is 2.12. The van der Waals surface area contributed by atoms with E-state index in [4.69, 9.17) is 11.6 Å². The van der Waals surface area contributed by atoms with E-state index in [0.717, 1.165) is 26.5 Å². The molecule has 3 rings (SSSR count). The van der Waals surface area contributed by atoms with Gasteiger partial charge in [0, 0.05) is 5.56 Å². The molecule has 0 radical (unpaired) electrons. The summed E-state index contributed by atoms with van der Waals surface area (Å²) in [4.78, 5) is 4.53. The fourth-order valence-corrected chi connectivity index (χ4v) is 2.86. The molecule has 0 amide bonds. The van der Waals surface area contributed by atoms with Crippen molar-refractivity contribution in [2.24, 2.45) is 0 Å². The number of rotatable bonds is 1. The normalized spacial score (nSPS) is 10.9. The first-order valence-corrected chi connectivity index (χ1v) is 6.30. The van der Waals surface area contributed by atoms with Crippen molar-refractivity contribution in [1.82, 2.24) is 15.2 Å². The maximum Gasteiger partial charge on any atom is 0.178 e. The van der Waals surface area contributed by atoms with Crippen molar-refractivity contribution in [3.8, 4) is 10.6 Å². The second-order valence-electron chi connectivity index (χ2n) is 3.64. The molecule has 84 valence electrons. The molecule has 0 saturated carbocycles. The topological polar surface area (TPSA) is 38.7 Å². The van der Waals surface area contributed by atoms with Gasteiger partial charge in [0.1, 0.15) is 10.5 Å². The summed E-state index contributed by atoms with van der Waals surface area (Å²) in [5, 5.41) is 9.19. The van der Waals surface area contributed by atoms with Gasteiger partial charge in [0.25, 0.3) is 0 Å². The Kier molecular flexibility index (Phi) is 2.53. The largest absolute Gasteiger partial charge is 0.233 e. The van der Waals surface area contributed by atoms with Gasteiger partial charge in [-0.25, -0.2) is 4.98 Å². The van der Waals surface area contributed by atoms with Gasteiger partial charge in [-0.05, 0) is 6.92 Å². The third kappa shape index (κ3) is 1.79. The van der Waals surface area contributed by atoms with Crippen molar-refractivity contribution in [2.75, 3.05) is 0 Å². The van der Waals surface area contributed by atoms with Crippen molar-refractivity contribution in [1.29, 1.82) is 0 Å². The summed E-state index contributed by atoms with van der Waals surface area (Å²) in [7, 11) is 0. The zero-order chi connectivity index (χ0) is 11.8. The Hall–Kier alpha value is -1.52. The molecule has 0 spiro atoms. The van der Waals surface area contributed by atoms with E-state index in [1.54, 1.807) is 11.3 Å². The first-order chi connectivity index (χ1) is 8.25. The molecular formula is C12H8ClN3S. The van der Waals surface area contributed by atoms with Crippen LogP contribution in [0.25, 0.3) is 20.8 Å². The number of aryl methyl sites for hydroxylation is 1. The molecule has 3 nitrogen and oxygen atoms in total. The smallest absolute Gasteiger partial charge is 0.178 e. The van der Waals surface area contributed by atoms with Crippen LogP contribution in [0.2, 0.25) is 5.15 Å². The Morgan fingerprint density at radius 3 is 2.59 bits per heavy atom. The standard InChI is InChI=1S/C12H8ClN3S/c1-7-10-9(11(13)16-15-7)14-12(17-10)8-5-3-2-4-6-8/h2-6H,1H3. The number of halogens is 1. The second kappa shape index (κ2) is 4.05. The fourth-order valence-electron chi connectivity index (χ4n) is 1.62. The highest BCUT2D eigenvalue weighted by atomic mass is 35.5. The van der Waals surface area contributed by atoms with Crippen molar-refractivity contribution in [3.05, 3.63) is 41.2 Å². The maximum atomic E-state index is 6.00. The predicted molar refractivity (Wildman–Crippen MR) is 70.4 cm³/mol. The predicted octanol–water partition coefficient (Wildman–Crippen LogP) is 3.72. The van der Waals surface area contributed by atoms with Gasteiger partial charge in [-0.15, -0.1) is 16.4 Å². The minimum Gasteiger partial charge on any atom is -0.233 e. The lowest BCUT2D eigenvalue weighted by Crippen LogP contribution is -1.87. The monoisotopic (exact) mass is 261 g/mol. The lowest BCUT2D eigenvalue weighted by molar-refractivity contribution is 1.00. The van der Waals surface area contributed by atoms with Gasteiger partial charge in [0.2, 0.25) is 0 Å². The van der Waals surface area contributed by atoms with Crippen LogP contribution in [0.3, 0.4) is 0 Å².